The SMILES string of the molecule is O=C(O)CN1C(=O)C(=Cc2cc(Cl)cc(Cl)c2O)SC1=S. The number of carboxylic acids is 1. The van der Waals surface area contributed by atoms with E-state index in [9.17, 15) is 14.7 Å². The van der Waals surface area contributed by atoms with E-state index in [4.69, 9.17) is 40.5 Å². The number of halogens is 2. The molecule has 2 rings (SSSR count). The first kappa shape index (κ1) is 16.1. The fourth-order valence-electron chi connectivity index (χ4n) is 1.61. The number of phenolic OH excluding ortho intramolecular Hbond substituents is 1. The summed E-state index contributed by atoms with van der Waals surface area (Å²) in [6, 6.07) is 2.80. The Morgan fingerprint density at radius 1 is 1.43 bits per heavy atom. The molecule has 0 spiro atoms. The molecular formula is C12H7Cl2NO4S2. The van der Waals surface area contributed by atoms with Crippen LogP contribution in [0.4, 0.5) is 0 Å². The van der Waals surface area contributed by atoms with Gasteiger partial charge in [-0.2, -0.15) is 0 Å². The van der Waals surface area contributed by atoms with Gasteiger partial charge in [-0.25, -0.2) is 0 Å². The Balaban J connectivity index is 2.37. The zero-order valence-corrected chi connectivity index (χ0v) is 13.3. The van der Waals surface area contributed by atoms with Crippen LogP contribution in [0.1, 0.15) is 5.56 Å². The molecule has 5 nitrogen and oxygen atoms in total. The lowest BCUT2D eigenvalue weighted by Gasteiger charge is -2.10. The monoisotopic (exact) mass is 363 g/mol. The molecule has 1 aromatic rings. The number of hydrogen-bond acceptors (Lipinski definition) is 5. The average molecular weight is 364 g/mol. The molecule has 0 aromatic heterocycles. The van der Waals surface area contributed by atoms with Crippen molar-refractivity contribution >= 4 is 69.5 Å². The van der Waals surface area contributed by atoms with Crippen LogP contribution in [0, 0.1) is 0 Å². The molecule has 1 amide bonds. The van der Waals surface area contributed by atoms with Crippen LogP contribution >= 0.6 is 47.2 Å². The van der Waals surface area contributed by atoms with Crippen LogP contribution in [0.15, 0.2) is 17.0 Å². The minimum atomic E-state index is -1.17. The third-order valence-electron chi connectivity index (χ3n) is 2.51. The summed E-state index contributed by atoms with van der Waals surface area (Å²) in [6.45, 7) is -0.510. The standard InChI is InChI=1S/C12H7Cl2NO4S2/c13-6-1-5(10(18)7(14)3-6)2-8-11(19)15(4-9(16)17)12(20)21-8/h1-3,18H,4H2,(H,16,17). The molecule has 1 aliphatic heterocycles. The van der Waals surface area contributed by atoms with Crippen molar-refractivity contribution in [1.29, 1.82) is 0 Å². The predicted molar refractivity (Wildman–Crippen MR) is 85.6 cm³/mol. The number of carbonyl (C=O) groups is 2. The Hall–Kier alpha value is -1.28. The van der Waals surface area contributed by atoms with Gasteiger partial charge in [-0.05, 0) is 18.2 Å². The van der Waals surface area contributed by atoms with Crippen LogP contribution in [0.2, 0.25) is 10.0 Å². The number of phenols is 1. The van der Waals surface area contributed by atoms with Gasteiger partial charge in [-0.15, -0.1) is 0 Å². The molecule has 9 heteroatoms. The van der Waals surface area contributed by atoms with E-state index in [0.29, 0.717) is 5.02 Å². The van der Waals surface area contributed by atoms with Crippen molar-refractivity contribution < 1.29 is 19.8 Å². The molecule has 1 heterocycles. The third kappa shape index (κ3) is 3.49. The van der Waals surface area contributed by atoms with Gasteiger partial charge in [0.1, 0.15) is 16.6 Å². The number of nitrogens with zero attached hydrogens (tertiary/aromatic N) is 1. The first-order valence-corrected chi connectivity index (χ1v) is 7.43. The van der Waals surface area contributed by atoms with E-state index in [1.807, 2.05) is 0 Å². The number of amides is 1. The minimum absolute atomic E-state index is 0.0507. The van der Waals surface area contributed by atoms with Crippen LogP contribution < -0.4 is 0 Å². The van der Waals surface area contributed by atoms with Crippen molar-refractivity contribution in [3.05, 3.63) is 32.6 Å². The van der Waals surface area contributed by atoms with Crippen molar-refractivity contribution in [3.63, 3.8) is 0 Å². The van der Waals surface area contributed by atoms with Crippen LogP contribution in [-0.4, -0.2) is 37.9 Å². The van der Waals surface area contributed by atoms with Gasteiger partial charge >= 0.3 is 5.97 Å². The highest BCUT2D eigenvalue weighted by Crippen LogP contribution is 2.37. The maximum Gasteiger partial charge on any atom is 0.323 e. The maximum atomic E-state index is 12.1. The van der Waals surface area contributed by atoms with Crippen LogP contribution in [0.25, 0.3) is 6.08 Å². The highest BCUT2D eigenvalue weighted by Gasteiger charge is 2.33. The maximum absolute atomic E-state index is 12.1. The molecule has 110 valence electrons. The molecule has 21 heavy (non-hydrogen) atoms. The van der Waals surface area contributed by atoms with Gasteiger partial charge in [0.15, 0.2) is 0 Å². The number of carbonyl (C=O) groups excluding carboxylic acids is 1. The van der Waals surface area contributed by atoms with Gasteiger partial charge in [0, 0.05) is 10.6 Å². The first-order valence-electron chi connectivity index (χ1n) is 5.44. The number of aromatic hydroxyl groups is 1. The molecule has 0 atom stereocenters. The number of carboxylic acid groups (broad SMARTS) is 1. The number of hydrogen-bond donors (Lipinski definition) is 2. The van der Waals surface area contributed by atoms with Gasteiger partial charge < -0.3 is 10.2 Å². The van der Waals surface area contributed by atoms with Gasteiger partial charge in [0.05, 0.1) is 9.93 Å². The molecule has 2 N–H and O–H groups in total. The lowest BCUT2D eigenvalue weighted by molar-refractivity contribution is -0.140. The molecule has 1 aromatic carbocycles. The summed E-state index contributed by atoms with van der Waals surface area (Å²) in [5, 5.41) is 18.9. The van der Waals surface area contributed by atoms with Crippen LogP contribution in [0.5, 0.6) is 5.75 Å². The van der Waals surface area contributed by atoms with Crippen molar-refractivity contribution in [2.24, 2.45) is 0 Å². The van der Waals surface area contributed by atoms with Crippen LogP contribution in [-0.2, 0) is 9.59 Å². The molecule has 1 aliphatic rings. The van der Waals surface area contributed by atoms with E-state index in [2.05, 4.69) is 0 Å². The Morgan fingerprint density at radius 3 is 2.71 bits per heavy atom. The molecule has 0 radical (unpaired) electrons. The Labute approximate surface area is 139 Å². The number of thiocarbonyl (C=S) groups is 1. The third-order valence-corrected chi connectivity index (χ3v) is 4.40. The summed E-state index contributed by atoms with van der Waals surface area (Å²) in [7, 11) is 0. The summed E-state index contributed by atoms with van der Waals surface area (Å²) >= 11 is 17.5. The Bertz CT molecular complexity index is 690. The van der Waals surface area contributed by atoms with E-state index in [1.165, 1.54) is 18.2 Å². The first-order chi connectivity index (χ1) is 9.79. The lowest BCUT2D eigenvalue weighted by atomic mass is 10.2. The second-order valence-electron chi connectivity index (χ2n) is 3.99. The number of benzene rings is 1. The molecule has 0 bridgehead atoms. The summed E-state index contributed by atoms with van der Waals surface area (Å²) in [5.41, 5.74) is 0.253. The molecule has 1 fully saturated rings. The average Bonchev–Trinajstić information content (AvgIpc) is 2.63. The van der Waals surface area contributed by atoms with Crippen molar-refractivity contribution in [3.8, 4) is 5.75 Å². The van der Waals surface area contributed by atoms with E-state index in [1.54, 1.807) is 0 Å². The normalized spacial score (nSPS) is 16.9. The van der Waals surface area contributed by atoms with Crippen molar-refractivity contribution in [2.45, 2.75) is 0 Å². The summed E-state index contributed by atoms with van der Waals surface area (Å²) in [6.07, 6.45) is 1.37. The zero-order chi connectivity index (χ0) is 15.7. The largest absolute Gasteiger partial charge is 0.506 e. The zero-order valence-electron chi connectivity index (χ0n) is 10.2. The fourth-order valence-corrected chi connectivity index (χ4v) is 3.36. The highest BCUT2D eigenvalue weighted by molar-refractivity contribution is 8.26. The van der Waals surface area contributed by atoms with E-state index in [-0.39, 0.29) is 25.6 Å². The Morgan fingerprint density at radius 2 is 2.10 bits per heavy atom. The molecular weight excluding hydrogens is 357 g/mol. The van der Waals surface area contributed by atoms with Gasteiger partial charge in [0.25, 0.3) is 5.91 Å². The number of rotatable bonds is 3. The second kappa shape index (κ2) is 6.23. The Kier molecular flexibility index (Phi) is 4.77. The van der Waals surface area contributed by atoms with E-state index in [0.717, 1.165) is 16.7 Å². The predicted octanol–water partition coefficient (Wildman–Crippen LogP) is 2.98. The van der Waals surface area contributed by atoms with Gasteiger partial charge in [-0.3, -0.25) is 14.5 Å². The van der Waals surface area contributed by atoms with E-state index >= 15 is 0 Å². The van der Waals surface area contributed by atoms with Crippen molar-refractivity contribution in [1.82, 2.24) is 4.90 Å². The number of aliphatic carboxylic acids is 1. The molecule has 0 aliphatic carbocycles. The minimum Gasteiger partial charge on any atom is -0.506 e. The molecule has 1 saturated heterocycles. The van der Waals surface area contributed by atoms with Gasteiger partial charge in [0.2, 0.25) is 0 Å². The quantitative estimate of drug-likeness (QED) is 0.634. The topological polar surface area (TPSA) is 77.8 Å². The lowest BCUT2D eigenvalue weighted by Crippen LogP contribution is -2.33. The summed E-state index contributed by atoms with van der Waals surface area (Å²) in [4.78, 5) is 23.9. The van der Waals surface area contributed by atoms with Crippen molar-refractivity contribution in [2.75, 3.05) is 6.54 Å². The van der Waals surface area contributed by atoms with E-state index < -0.39 is 18.4 Å². The summed E-state index contributed by atoms with van der Waals surface area (Å²) in [5.74, 6) is -1.92. The molecule has 0 saturated carbocycles. The van der Waals surface area contributed by atoms with Gasteiger partial charge in [-0.1, -0.05) is 47.2 Å². The summed E-state index contributed by atoms with van der Waals surface area (Å²) < 4.78 is 0.140. The van der Waals surface area contributed by atoms with Crippen LogP contribution in [0.3, 0.4) is 0 Å². The number of thioether (sulfide) groups is 1. The second-order valence-corrected chi connectivity index (χ2v) is 6.51. The molecule has 0 unspecified atom stereocenters. The highest BCUT2D eigenvalue weighted by atomic mass is 35.5. The fraction of sp³-hybridized carbons (Fsp3) is 0.0833. The smallest absolute Gasteiger partial charge is 0.323 e.